The van der Waals surface area contributed by atoms with Gasteiger partial charge < -0.3 is 10.2 Å². The number of nitrogens with one attached hydrogen (secondary N) is 1. The molecule has 1 amide bonds. The standard InChI is InChI=1S/C22H25N5O2/c1-25-9-11-26(12-10-25)14-17-5-4-6-18(13-17)24-21(28)15-27-16-23-20-8-3-2-7-19(20)22(27)29/h2-8,13,16H,9-12,14-15H2,1H3,(H,24,28). The predicted molar refractivity (Wildman–Crippen MR) is 114 cm³/mol. The molecule has 1 N–H and O–H groups in total. The molecule has 1 aliphatic heterocycles. The third-order valence-electron chi connectivity index (χ3n) is 5.26. The van der Waals surface area contributed by atoms with E-state index >= 15 is 0 Å². The van der Waals surface area contributed by atoms with Gasteiger partial charge in [0.25, 0.3) is 5.56 Å². The van der Waals surface area contributed by atoms with E-state index in [-0.39, 0.29) is 18.0 Å². The Hall–Kier alpha value is -3.03. The molecule has 0 radical (unpaired) electrons. The summed E-state index contributed by atoms with van der Waals surface area (Å²) in [6, 6.07) is 15.0. The number of para-hydroxylation sites is 1. The average molecular weight is 391 g/mol. The zero-order chi connectivity index (χ0) is 20.2. The number of carbonyl (C=O) groups is 1. The lowest BCUT2D eigenvalue weighted by atomic mass is 10.1. The molecule has 0 atom stereocenters. The Morgan fingerprint density at radius 2 is 1.86 bits per heavy atom. The number of rotatable bonds is 5. The molecule has 1 saturated heterocycles. The maximum absolute atomic E-state index is 12.5. The zero-order valence-corrected chi connectivity index (χ0v) is 16.5. The molecule has 0 aliphatic carbocycles. The van der Waals surface area contributed by atoms with Crippen LogP contribution >= 0.6 is 0 Å². The highest BCUT2D eigenvalue weighted by Gasteiger charge is 2.14. The van der Waals surface area contributed by atoms with E-state index in [4.69, 9.17) is 0 Å². The summed E-state index contributed by atoms with van der Waals surface area (Å²) >= 11 is 0. The molecule has 29 heavy (non-hydrogen) atoms. The molecular weight excluding hydrogens is 366 g/mol. The number of fused-ring (bicyclic) bond motifs is 1. The second-order valence-corrected chi connectivity index (χ2v) is 7.52. The molecule has 1 aliphatic rings. The maximum Gasteiger partial charge on any atom is 0.261 e. The predicted octanol–water partition coefficient (Wildman–Crippen LogP) is 1.78. The number of carbonyl (C=O) groups excluding carboxylic acids is 1. The molecule has 4 rings (SSSR count). The number of nitrogens with zero attached hydrogens (tertiary/aromatic N) is 4. The van der Waals surface area contributed by atoms with Crippen LogP contribution in [0.5, 0.6) is 0 Å². The van der Waals surface area contributed by atoms with Gasteiger partial charge in [-0.15, -0.1) is 0 Å². The van der Waals surface area contributed by atoms with Crippen molar-refractivity contribution in [2.45, 2.75) is 13.1 Å². The van der Waals surface area contributed by atoms with Crippen molar-refractivity contribution in [2.75, 3.05) is 38.5 Å². The highest BCUT2D eigenvalue weighted by molar-refractivity contribution is 5.90. The van der Waals surface area contributed by atoms with Gasteiger partial charge in [0.15, 0.2) is 0 Å². The molecule has 0 bridgehead atoms. The molecule has 7 nitrogen and oxygen atoms in total. The first-order chi connectivity index (χ1) is 14.1. The third kappa shape index (κ3) is 4.70. The fourth-order valence-corrected chi connectivity index (χ4v) is 3.59. The number of piperazine rings is 1. The van der Waals surface area contributed by atoms with E-state index in [0.29, 0.717) is 10.9 Å². The van der Waals surface area contributed by atoms with Gasteiger partial charge in [0, 0.05) is 38.4 Å². The number of aromatic nitrogens is 2. The molecular formula is C22H25N5O2. The Balaban J connectivity index is 1.41. The van der Waals surface area contributed by atoms with Crippen molar-refractivity contribution < 1.29 is 4.79 Å². The number of benzene rings is 2. The van der Waals surface area contributed by atoms with Gasteiger partial charge >= 0.3 is 0 Å². The Bertz CT molecular complexity index is 1070. The summed E-state index contributed by atoms with van der Waals surface area (Å²) in [5.74, 6) is -0.249. The van der Waals surface area contributed by atoms with Crippen molar-refractivity contribution in [2.24, 2.45) is 0 Å². The quantitative estimate of drug-likeness (QED) is 0.718. The van der Waals surface area contributed by atoms with E-state index in [9.17, 15) is 9.59 Å². The minimum Gasteiger partial charge on any atom is -0.325 e. The summed E-state index contributed by atoms with van der Waals surface area (Å²) < 4.78 is 1.34. The molecule has 0 saturated carbocycles. The summed E-state index contributed by atoms with van der Waals surface area (Å²) in [4.78, 5) is 34.1. The lowest BCUT2D eigenvalue weighted by Crippen LogP contribution is -2.43. The molecule has 0 unspecified atom stereocenters. The van der Waals surface area contributed by atoms with Crippen LogP contribution in [0.25, 0.3) is 10.9 Å². The fourth-order valence-electron chi connectivity index (χ4n) is 3.59. The first kappa shape index (κ1) is 19.3. The van der Waals surface area contributed by atoms with Gasteiger partial charge in [-0.2, -0.15) is 0 Å². The lowest BCUT2D eigenvalue weighted by Gasteiger charge is -2.32. The smallest absolute Gasteiger partial charge is 0.261 e. The molecule has 2 aromatic carbocycles. The topological polar surface area (TPSA) is 70.5 Å². The Morgan fingerprint density at radius 1 is 1.07 bits per heavy atom. The summed E-state index contributed by atoms with van der Waals surface area (Å²) in [7, 11) is 2.14. The first-order valence-corrected chi connectivity index (χ1v) is 9.82. The average Bonchev–Trinajstić information content (AvgIpc) is 2.72. The van der Waals surface area contributed by atoms with Crippen molar-refractivity contribution in [1.29, 1.82) is 0 Å². The molecule has 150 valence electrons. The highest BCUT2D eigenvalue weighted by Crippen LogP contribution is 2.14. The number of hydrogen-bond acceptors (Lipinski definition) is 5. The van der Waals surface area contributed by atoms with E-state index in [1.807, 2.05) is 24.3 Å². The second kappa shape index (κ2) is 8.55. The highest BCUT2D eigenvalue weighted by atomic mass is 16.2. The second-order valence-electron chi connectivity index (χ2n) is 7.52. The van der Waals surface area contributed by atoms with E-state index in [1.54, 1.807) is 18.2 Å². The summed E-state index contributed by atoms with van der Waals surface area (Å²) in [5.41, 5.74) is 2.32. The summed E-state index contributed by atoms with van der Waals surface area (Å²) in [6.07, 6.45) is 1.42. The number of likely N-dealkylation sites (N-methyl/N-ethyl adjacent to an activating group) is 1. The van der Waals surface area contributed by atoms with E-state index in [1.165, 1.54) is 10.9 Å². The van der Waals surface area contributed by atoms with Gasteiger partial charge in [-0.1, -0.05) is 24.3 Å². The number of amides is 1. The monoisotopic (exact) mass is 391 g/mol. The van der Waals surface area contributed by atoms with Crippen LogP contribution in [0.3, 0.4) is 0 Å². The molecule has 2 heterocycles. The molecule has 7 heteroatoms. The van der Waals surface area contributed by atoms with Gasteiger partial charge in [0.2, 0.25) is 5.91 Å². The molecule has 1 fully saturated rings. The number of anilines is 1. The van der Waals surface area contributed by atoms with Crippen molar-refractivity contribution in [3.8, 4) is 0 Å². The van der Waals surface area contributed by atoms with Crippen molar-refractivity contribution in [3.63, 3.8) is 0 Å². The van der Waals surface area contributed by atoms with E-state index in [2.05, 4.69) is 33.2 Å². The van der Waals surface area contributed by atoms with Crippen LogP contribution in [-0.4, -0.2) is 58.5 Å². The van der Waals surface area contributed by atoms with Crippen LogP contribution < -0.4 is 10.9 Å². The Morgan fingerprint density at radius 3 is 2.69 bits per heavy atom. The molecule has 3 aromatic rings. The van der Waals surface area contributed by atoms with Crippen LogP contribution in [0.1, 0.15) is 5.56 Å². The number of hydrogen-bond donors (Lipinski definition) is 1. The van der Waals surface area contributed by atoms with Gasteiger partial charge in [0.1, 0.15) is 6.54 Å². The van der Waals surface area contributed by atoms with Gasteiger partial charge in [-0.3, -0.25) is 19.1 Å². The first-order valence-electron chi connectivity index (χ1n) is 9.82. The Kier molecular flexibility index (Phi) is 5.69. The van der Waals surface area contributed by atoms with Crippen LogP contribution in [0.4, 0.5) is 5.69 Å². The minimum atomic E-state index is -0.249. The van der Waals surface area contributed by atoms with Crippen molar-refractivity contribution in [3.05, 3.63) is 70.8 Å². The van der Waals surface area contributed by atoms with E-state index < -0.39 is 0 Å². The lowest BCUT2D eigenvalue weighted by molar-refractivity contribution is -0.116. The zero-order valence-electron chi connectivity index (χ0n) is 16.5. The van der Waals surface area contributed by atoms with Crippen LogP contribution in [0.15, 0.2) is 59.7 Å². The SMILES string of the molecule is CN1CCN(Cc2cccc(NC(=O)Cn3cnc4ccccc4c3=O)c2)CC1. The minimum absolute atomic E-state index is 0.0701. The van der Waals surface area contributed by atoms with Crippen LogP contribution in [0, 0.1) is 0 Å². The summed E-state index contributed by atoms with van der Waals surface area (Å²) in [5, 5.41) is 3.41. The summed E-state index contributed by atoms with van der Waals surface area (Å²) in [6.45, 7) is 5.04. The fraction of sp³-hybridized carbons (Fsp3) is 0.318. The normalized spacial score (nSPS) is 15.5. The van der Waals surface area contributed by atoms with Gasteiger partial charge in [0.05, 0.1) is 17.2 Å². The van der Waals surface area contributed by atoms with Crippen molar-refractivity contribution in [1.82, 2.24) is 19.4 Å². The van der Waals surface area contributed by atoms with Gasteiger partial charge in [-0.05, 0) is 36.9 Å². The van der Waals surface area contributed by atoms with Crippen molar-refractivity contribution >= 4 is 22.5 Å². The molecule has 0 spiro atoms. The van der Waals surface area contributed by atoms with E-state index in [0.717, 1.165) is 44.0 Å². The Labute approximate surface area is 169 Å². The van der Waals surface area contributed by atoms with Crippen LogP contribution in [-0.2, 0) is 17.9 Å². The largest absolute Gasteiger partial charge is 0.325 e. The van der Waals surface area contributed by atoms with Gasteiger partial charge in [-0.25, -0.2) is 4.98 Å². The maximum atomic E-state index is 12.5. The molecule has 1 aromatic heterocycles. The third-order valence-corrected chi connectivity index (χ3v) is 5.26. The van der Waals surface area contributed by atoms with Crippen LogP contribution in [0.2, 0.25) is 0 Å².